The standard InChI is InChI=1S/C32H28F3N5/c1-19(2)24-9-5-7-11-26(24)30-27-12-8-6-10-25(27)28(18-36)31(38-30)37-21(4)22-13-15-23(16-14-22)40-20(3)17-29(39-40)32(33,34)35/h5-17,19,21H,1-4H3,(H,37,38)/t21-/m1/s1. The van der Waals surface area contributed by atoms with Crippen molar-refractivity contribution in [2.45, 2.75) is 45.8 Å². The lowest BCUT2D eigenvalue weighted by Gasteiger charge is -2.20. The predicted octanol–water partition coefficient (Wildman–Crippen LogP) is 8.58. The molecule has 0 aliphatic carbocycles. The van der Waals surface area contributed by atoms with Crippen molar-refractivity contribution in [2.24, 2.45) is 0 Å². The monoisotopic (exact) mass is 539 g/mol. The molecule has 1 atom stereocenters. The summed E-state index contributed by atoms with van der Waals surface area (Å²) in [6.45, 7) is 7.83. The van der Waals surface area contributed by atoms with E-state index in [1.54, 1.807) is 19.1 Å². The largest absolute Gasteiger partial charge is 0.435 e. The second-order valence-electron chi connectivity index (χ2n) is 10.1. The Balaban J connectivity index is 1.52. The van der Waals surface area contributed by atoms with Crippen LogP contribution in [0.5, 0.6) is 0 Å². The van der Waals surface area contributed by atoms with E-state index in [2.05, 4.69) is 42.5 Å². The number of rotatable bonds is 6. The minimum atomic E-state index is -4.51. The lowest BCUT2D eigenvalue weighted by Crippen LogP contribution is -2.11. The number of benzene rings is 3. The molecule has 2 heterocycles. The molecule has 3 aromatic carbocycles. The van der Waals surface area contributed by atoms with Crippen LogP contribution in [0.1, 0.15) is 60.8 Å². The van der Waals surface area contributed by atoms with Crippen molar-refractivity contribution in [3.8, 4) is 23.0 Å². The Morgan fingerprint density at radius 3 is 2.17 bits per heavy atom. The highest BCUT2D eigenvalue weighted by Gasteiger charge is 2.34. The number of pyridine rings is 1. The van der Waals surface area contributed by atoms with E-state index in [-0.39, 0.29) is 12.0 Å². The highest BCUT2D eigenvalue weighted by molar-refractivity contribution is 6.01. The number of aryl methyl sites for hydroxylation is 1. The summed E-state index contributed by atoms with van der Waals surface area (Å²) in [7, 11) is 0. The summed E-state index contributed by atoms with van der Waals surface area (Å²) in [4.78, 5) is 5.00. The Hall–Kier alpha value is -4.64. The first-order valence-electron chi connectivity index (χ1n) is 13.0. The highest BCUT2D eigenvalue weighted by atomic mass is 19.4. The van der Waals surface area contributed by atoms with Crippen molar-refractivity contribution >= 4 is 16.6 Å². The van der Waals surface area contributed by atoms with E-state index in [1.165, 1.54) is 10.2 Å². The summed E-state index contributed by atoms with van der Waals surface area (Å²) >= 11 is 0. The van der Waals surface area contributed by atoms with Crippen LogP contribution in [0, 0.1) is 18.3 Å². The quantitative estimate of drug-likeness (QED) is 0.235. The zero-order valence-corrected chi connectivity index (χ0v) is 22.6. The van der Waals surface area contributed by atoms with Crippen LogP contribution >= 0.6 is 0 Å². The van der Waals surface area contributed by atoms with Crippen LogP contribution in [0.4, 0.5) is 19.0 Å². The molecule has 0 fully saturated rings. The van der Waals surface area contributed by atoms with Crippen LogP contribution in [0.25, 0.3) is 27.7 Å². The van der Waals surface area contributed by atoms with Crippen LogP contribution in [-0.4, -0.2) is 14.8 Å². The zero-order valence-electron chi connectivity index (χ0n) is 22.6. The third kappa shape index (κ3) is 5.03. The Morgan fingerprint density at radius 2 is 1.55 bits per heavy atom. The van der Waals surface area contributed by atoms with Crippen molar-refractivity contribution in [1.82, 2.24) is 14.8 Å². The molecule has 8 heteroatoms. The van der Waals surface area contributed by atoms with Gasteiger partial charge in [0.2, 0.25) is 0 Å². The molecule has 202 valence electrons. The average molecular weight is 540 g/mol. The van der Waals surface area contributed by atoms with E-state index >= 15 is 0 Å². The smallest absolute Gasteiger partial charge is 0.362 e. The van der Waals surface area contributed by atoms with Gasteiger partial charge in [-0.25, -0.2) is 9.67 Å². The molecule has 5 nitrogen and oxygen atoms in total. The molecule has 0 unspecified atom stereocenters. The first-order valence-corrected chi connectivity index (χ1v) is 13.0. The molecule has 2 aromatic heterocycles. The fourth-order valence-corrected chi connectivity index (χ4v) is 4.97. The van der Waals surface area contributed by atoms with Crippen LogP contribution in [0.2, 0.25) is 0 Å². The second-order valence-corrected chi connectivity index (χ2v) is 10.1. The van der Waals surface area contributed by atoms with Gasteiger partial charge in [0.05, 0.1) is 11.4 Å². The van der Waals surface area contributed by atoms with Crippen LogP contribution in [0.3, 0.4) is 0 Å². The molecular weight excluding hydrogens is 511 g/mol. The number of hydrogen-bond acceptors (Lipinski definition) is 4. The van der Waals surface area contributed by atoms with Gasteiger partial charge in [0.15, 0.2) is 5.69 Å². The van der Waals surface area contributed by atoms with Crippen molar-refractivity contribution in [2.75, 3.05) is 5.32 Å². The van der Waals surface area contributed by atoms with Crippen molar-refractivity contribution < 1.29 is 13.2 Å². The first kappa shape index (κ1) is 26.9. The molecule has 0 aliphatic rings. The summed E-state index contributed by atoms with van der Waals surface area (Å²) in [6.07, 6.45) is -4.51. The van der Waals surface area contributed by atoms with E-state index in [9.17, 15) is 18.4 Å². The molecule has 0 spiro atoms. The summed E-state index contributed by atoms with van der Waals surface area (Å²) in [5.74, 6) is 0.760. The number of alkyl halides is 3. The summed E-state index contributed by atoms with van der Waals surface area (Å²) in [5, 5.41) is 19.0. The molecule has 0 bridgehead atoms. The Morgan fingerprint density at radius 1 is 0.900 bits per heavy atom. The van der Waals surface area contributed by atoms with E-state index in [0.717, 1.165) is 33.7 Å². The van der Waals surface area contributed by atoms with E-state index in [0.29, 0.717) is 22.8 Å². The number of hydrogen-bond donors (Lipinski definition) is 1. The number of fused-ring (bicyclic) bond motifs is 1. The Kier molecular flexibility index (Phi) is 7.07. The van der Waals surface area contributed by atoms with E-state index in [4.69, 9.17) is 4.98 Å². The molecule has 5 rings (SSSR count). The lowest BCUT2D eigenvalue weighted by molar-refractivity contribution is -0.141. The maximum absolute atomic E-state index is 13.1. The van der Waals surface area contributed by atoms with Gasteiger partial charge in [0.25, 0.3) is 0 Å². The SMILES string of the molecule is Cc1cc(C(F)(F)F)nn1-c1ccc([C@@H](C)Nc2nc(-c3ccccc3C(C)C)c3ccccc3c2C#N)cc1. The molecule has 0 radical (unpaired) electrons. The summed E-state index contributed by atoms with van der Waals surface area (Å²) < 4.78 is 40.6. The van der Waals surface area contributed by atoms with Gasteiger partial charge in [-0.15, -0.1) is 0 Å². The molecule has 0 saturated carbocycles. The predicted molar refractivity (Wildman–Crippen MR) is 151 cm³/mol. The molecule has 0 aliphatic heterocycles. The average Bonchev–Trinajstić information content (AvgIpc) is 3.35. The lowest BCUT2D eigenvalue weighted by atomic mass is 9.92. The van der Waals surface area contributed by atoms with Crippen molar-refractivity contribution in [3.05, 3.63) is 107 Å². The highest BCUT2D eigenvalue weighted by Crippen LogP contribution is 2.37. The summed E-state index contributed by atoms with van der Waals surface area (Å²) in [5.41, 5.74) is 4.32. The molecule has 5 aromatic rings. The fraction of sp³-hybridized carbons (Fsp3) is 0.219. The third-order valence-corrected chi connectivity index (χ3v) is 7.03. The van der Waals surface area contributed by atoms with Gasteiger partial charge < -0.3 is 5.32 Å². The van der Waals surface area contributed by atoms with Gasteiger partial charge in [0.1, 0.15) is 17.5 Å². The van der Waals surface area contributed by atoms with Gasteiger partial charge in [0, 0.05) is 28.1 Å². The molecule has 40 heavy (non-hydrogen) atoms. The number of nitrogens with zero attached hydrogens (tertiary/aromatic N) is 4. The first-order chi connectivity index (χ1) is 19.1. The minimum Gasteiger partial charge on any atom is -0.362 e. The van der Waals surface area contributed by atoms with Crippen molar-refractivity contribution in [3.63, 3.8) is 0 Å². The fourth-order valence-electron chi connectivity index (χ4n) is 4.97. The van der Waals surface area contributed by atoms with Gasteiger partial charge in [-0.2, -0.15) is 23.5 Å². The van der Waals surface area contributed by atoms with Crippen molar-refractivity contribution in [1.29, 1.82) is 5.26 Å². The summed E-state index contributed by atoms with van der Waals surface area (Å²) in [6, 6.07) is 26.2. The molecule has 0 amide bonds. The van der Waals surface area contributed by atoms with Gasteiger partial charge >= 0.3 is 6.18 Å². The maximum Gasteiger partial charge on any atom is 0.435 e. The second kappa shape index (κ2) is 10.5. The number of aromatic nitrogens is 3. The van der Waals surface area contributed by atoms with Gasteiger partial charge in [-0.3, -0.25) is 0 Å². The van der Waals surface area contributed by atoms with Crippen LogP contribution < -0.4 is 5.32 Å². The minimum absolute atomic E-state index is 0.243. The Bertz CT molecular complexity index is 1730. The Labute approximate surface area is 230 Å². The molecular formula is C32H28F3N5. The maximum atomic E-state index is 13.1. The number of halogens is 3. The molecule has 0 saturated heterocycles. The zero-order chi connectivity index (χ0) is 28.6. The van der Waals surface area contributed by atoms with Crippen LogP contribution in [-0.2, 0) is 6.18 Å². The third-order valence-electron chi connectivity index (χ3n) is 7.03. The van der Waals surface area contributed by atoms with Crippen LogP contribution in [0.15, 0.2) is 78.9 Å². The van der Waals surface area contributed by atoms with E-state index < -0.39 is 11.9 Å². The van der Waals surface area contributed by atoms with Gasteiger partial charge in [-0.1, -0.05) is 74.5 Å². The molecule has 1 N–H and O–H groups in total. The normalized spacial score (nSPS) is 12.5. The number of anilines is 1. The van der Waals surface area contributed by atoms with E-state index in [1.807, 2.05) is 55.5 Å². The topological polar surface area (TPSA) is 66.5 Å². The van der Waals surface area contributed by atoms with Gasteiger partial charge in [-0.05, 0) is 49.1 Å². The number of nitrogens with one attached hydrogen (secondary N) is 1. The number of nitriles is 1.